The minimum absolute atomic E-state index is 0.0909. The molecule has 0 saturated carbocycles. The molecule has 0 spiro atoms. The number of nitriles is 1. The Balaban J connectivity index is 1.42. The number of halogens is 2. The number of aromatic nitrogens is 3. The summed E-state index contributed by atoms with van der Waals surface area (Å²) in [6.07, 6.45) is 1.80. The van der Waals surface area contributed by atoms with E-state index in [-0.39, 0.29) is 12.5 Å². The second-order valence-electron chi connectivity index (χ2n) is 7.08. The van der Waals surface area contributed by atoms with Crippen LogP contribution in [0.3, 0.4) is 0 Å². The fourth-order valence-electron chi connectivity index (χ4n) is 3.16. The maximum atomic E-state index is 14.6. The fourth-order valence-corrected chi connectivity index (χ4v) is 4.11. The number of nitrogens with one attached hydrogen (secondary N) is 1. The number of amides is 1. The van der Waals surface area contributed by atoms with Crippen LogP contribution in [0.1, 0.15) is 32.1 Å². The lowest BCUT2D eigenvalue weighted by molar-refractivity contribution is 0.0954. The number of rotatable bonds is 6. The van der Waals surface area contributed by atoms with Gasteiger partial charge in [0.05, 0.1) is 34.0 Å². The predicted molar refractivity (Wildman–Crippen MR) is 121 cm³/mol. The molecule has 0 unspecified atom stereocenters. The minimum atomic E-state index is -0.393. The first-order chi connectivity index (χ1) is 15.4. The van der Waals surface area contributed by atoms with Crippen molar-refractivity contribution in [2.75, 3.05) is 0 Å². The van der Waals surface area contributed by atoms with Crippen molar-refractivity contribution in [2.24, 2.45) is 0 Å². The van der Waals surface area contributed by atoms with E-state index in [0.717, 1.165) is 11.1 Å². The molecule has 0 atom stereocenters. The van der Waals surface area contributed by atoms with Crippen LogP contribution in [0.4, 0.5) is 4.39 Å². The first-order valence-corrected chi connectivity index (χ1v) is 10.9. The Kier molecular flexibility index (Phi) is 6.30. The molecule has 0 aliphatic rings. The summed E-state index contributed by atoms with van der Waals surface area (Å²) < 4.78 is 16.3. The summed E-state index contributed by atoms with van der Waals surface area (Å²) in [4.78, 5) is 16.8. The zero-order chi connectivity index (χ0) is 22.7. The molecule has 1 N–H and O–H groups in total. The molecule has 0 aliphatic heterocycles. The van der Waals surface area contributed by atoms with Crippen LogP contribution >= 0.6 is 22.9 Å². The third-order valence-electron chi connectivity index (χ3n) is 4.88. The van der Waals surface area contributed by atoms with Crippen LogP contribution in [0, 0.1) is 24.1 Å². The molecule has 1 amide bonds. The SMILES string of the molecule is Cc1ncsc1C(=O)NCc1ccc(Cn2ccc(-c3ccc(C#N)c(Cl)c3)n2)cc1F. The van der Waals surface area contributed by atoms with Crippen LogP contribution in [-0.4, -0.2) is 20.7 Å². The Morgan fingerprint density at radius 2 is 2.12 bits per heavy atom. The second-order valence-corrected chi connectivity index (χ2v) is 8.34. The highest BCUT2D eigenvalue weighted by Gasteiger charge is 2.13. The lowest BCUT2D eigenvalue weighted by Gasteiger charge is -2.08. The van der Waals surface area contributed by atoms with E-state index in [1.807, 2.05) is 18.2 Å². The molecule has 32 heavy (non-hydrogen) atoms. The van der Waals surface area contributed by atoms with Gasteiger partial charge >= 0.3 is 0 Å². The lowest BCUT2D eigenvalue weighted by Crippen LogP contribution is -2.23. The van der Waals surface area contributed by atoms with Crippen molar-refractivity contribution in [1.82, 2.24) is 20.1 Å². The Bertz CT molecular complexity index is 1340. The van der Waals surface area contributed by atoms with E-state index in [0.29, 0.717) is 39.0 Å². The highest BCUT2D eigenvalue weighted by Crippen LogP contribution is 2.24. The van der Waals surface area contributed by atoms with Crippen LogP contribution in [0.25, 0.3) is 11.3 Å². The van der Waals surface area contributed by atoms with E-state index in [1.165, 1.54) is 17.4 Å². The Morgan fingerprint density at radius 3 is 2.81 bits per heavy atom. The number of benzene rings is 2. The molecule has 0 aliphatic carbocycles. The number of nitrogens with zero attached hydrogens (tertiary/aromatic N) is 4. The van der Waals surface area contributed by atoms with Crippen LogP contribution < -0.4 is 5.32 Å². The lowest BCUT2D eigenvalue weighted by atomic mass is 10.1. The van der Waals surface area contributed by atoms with Gasteiger partial charge in [-0.05, 0) is 36.8 Å². The highest BCUT2D eigenvalue weighted by molar-refractivity contribution is 7.11. The molecular weight excluding hydrogens is 449 g/mol. The molecule has 2 aromatic carbocycles. The fraction of sp³-hybridized carbons (Fsp3) is 0.130. The Labute approximate surface area is 192 Å². The van der Waals surface area contributed by atoms with Crippen molar-refractivity contribution in [1.29, 1.82) is 5.26 Å². The van der Waals surface area contributed by atoms with Gasteiger partial charge in [-0.15, -0.1) is 11.3 Å². The van der Waals surface area contributed by atoms with Crippen molar-refractivity contribution in [2.45, 2.75) is 20.0 Å². The number of aryl methyl sites for hydroxylation is 1. The zero-order valence-corrected chi connectivity index (χ0v) is 18.5. The normalized spacial score (nSPS) is 10.7. The first kappa shape index (κ1) is 21.7. The van der Waals surface area contributed by atoms with Gasteiger partial charge in [0, 0.05) is 23.9 Å². The molecule has 2 heterocycles. The predicted octanol–water partition coefficient (Wildman–Crippen LogP) is 4.96. The summed E-state index contributed by atoms with van der Waals surface area (Å²) in [5, 5.41) is 16.6. The first-order valence-electron chi connectivity index (χ1n) is 9.63. The average molecular weight is 466 g/mol. The minimum Gasteiger partial charge on any atom is -0.347 e. The monoisotopic (exact) mass is 465 g/mol. The largest absolute Gasteiger partial charge is 0.347 e. The average Bonchev–Trinajstić information content (AvgIpc) is 3.42. The van der Waals surface area contributed by atoms with Gasteiger partial charge in [-0.1, -0.05) is 29.8 Å². The van der Waals surface area contributed by atoms with Crippen molar-refractivity contribution < 1.29 is 9.18 Å². The van der Waals surface area contributed by atoms with Crippen molar-refractivity contribution in [3.8, 4) is 17.3 Å². The van der Waals surface area contributed by atoms with Gasteiger partial charge in [0.1, 0.15) is 16.8 Å². The van der Waals surface area contributed by atoms with Gasteiger partial charge in [-0.2, -0.15) is 10.4 Å². The van der Waals surface area contributed by atoms with E-state index >= 15 is 0 Å². The second kappa shape index (κ2) is 9.30. The summed E-state index contributed by atoms with van der Waals surface area (Å²) in [6, 6.07) is 13.9. The van der Waals surface area contributed by atoms with Gasteiger partial charge in [-0.3, -0.25) is 9.48 Å². The Morgan fingerprint density at radius 1 is 1.28 bits per heavy atom. The molecule has 0 radical (unpaired) electrons. The van der Waals surface area contributed by atoms with E-state index in [2.05, 4.69) is 15.4 Å². The maximum Gasteiger partial charge on any atom is 0.263 e. The molecule has 4 aromatic rings. The molecule has 9 heteroatoms. The van der Waals surface area contributed by atoms with Crippen molar-refractivity contribution in [3.63, 3.8) is 0 Å². The van der Waals surface area contributed by atoms with Crippen LogP contribution in [0.5, 0.6) is 0 Å². The van der Waals surface area contributed by atoms with Crippen molar-refractivity contribution in [3.05, 3.63) is 92.3 Å². The number of thiazole rings is 1. The van der Waals surface area contributed by atoms with Crippen LogP contribution in [0.15, 0.2) is 54.2 Å². The van der Waals surface area contributed by atoms with E-state index in [4.69, 9.17) is 16.9 Å². The van der Waals surface area contributed by atoms with E-state index in [1.54, 1.807) is 47.6 Å². The Hall–Kier alpha value is -3.54. The smallest absolute Gasteiger partial charge is 0.263 e. The number of hydrogen-bond donors (Lipinski definition) is 1. The number of carbonyl (C=O) groups excluding carboxylic acids is 1. The summed E-state index contributed by atoms with van der Waals surface area (Å²) in [7, 11) is 0. The third kappa shape index (κ3) is 4.69. The molecule has 0 saturated heterocycles. The summed E-state index contributed by atoms with van der Waals surface area (Å²) in [6.45, 7) is 2.23. The quantitative estimate of drug-likeness (QED) is 0.436. The maximum absolute atomic E-state index is 14.6. The van der Waals surface area contributed by atoms with Crippen LogP contribution in [-0.2, 0) is 13.1 Å². The van der Waals surface area contributed by atoms with Gasteiger partial charge < -0.3 is 5.32 Å². The summed E-state index contributed by atoms with van der Waals surface area (Å²) in [5.74, 6) is -0.657. The molecule has 2 aromatic heterocycles. The molecule has 160 valence electrons. The highest BCUT2D eigenvalue weighted by atomic mass is 35.5. The molecule has 0 bridgehead atoms. The van der Waals surface area contributed by atoms with Gasteiger partial charge in [-0.25, -0.2) is 9.37 Å². The molecule has 0 fully saturated rings. The van der Waals surface area contributed by atoms with E-state index < -0.39 is 5.82 Å². The van der Waals surface area contributed by atoms with Gasteiger partial charge in [0.25, 0.3) is 5.91 Å². The van der Waals surface area contributed by atoms with Crippen molar-refractivity contribution >= 4 is 28.8 Å². The summed E-state index contributed by atoms with van der Waals surface area (Å²) in [5.41, 5.74) is 5.31. The zero-order valence-electron chi connectivity index (χ0n) is 17.0. The van der Waals surface area contributed by atoms with Crippen LogP contribution in [0.2, 0.25) is 5.02 Å². The topological polar surface area (TPSA) is 83.6 Å². The van der Waals surface area contributed by atoms with Gasteiger partial charge in [0.15, 0.2) is 0 Å². The van der Waals surface area contributed by atoms with E-state index in [9.17, 15) is 9.18 Å². The molecule has 6 nitrogen and oxygen atoms in total. The molecular formula is C23H17ClFN5OS. The summed E-state index contributed by atoms with van der Waals surface area (Å²) >= 11 is 7.36. The third-order valence-corrected chi connectivity index (χ3v) is 6.12. The standard InChI is InChI=1S/C23H17ClFN5OS/c1-14-22(32-13-28-14)23(31)27-11-18-3-2-15(8-20(18)25)12-30-7-6-21(29-30)16-4-5-17(10-26)19(24)9-16/h2-9,13H,11-12H2,1H3,(H,27,31). The number of hydrogen-bond acceptors (Lipinski definition) is 5. The molecule has 4 rings (SSSR count). The van der Waals surface area contributed by atoms with Gasteiger partial charge in [0.2, 0.25) is 0 Å². The number of carbonyl (C=O) groups is 1.